The molecule has 138 valence electrons. The molecule has 10 heteroatoms. The van der Waals surface area contributed by atoms with Gasteiger partial charge in [0.15, 0.2) is 20.6 Å². The number of sulfone groups is 1. The summed E-state index contributed by atoms with van der Waals surface area (Å²) >= 11 is 0. The van der Waals surface area contributed by atoms with Crippen LogP contribution in [0.25, 0.3) is 0 Å². The lowest BCUT2D eigenvalue weighted by molar-refractivity contribution is -0.500. The largest absolute Gasteiger partial charge is 0.299 e. The van der Waals surface area contributed by atoms with Crippen molar-refractivity contribution in [1.82, 2.24) is 0 Å². The number of anilines is 1. The van der Waals surface area contributed by atoms with E-state index in [1.807, 2.05) is 0 Å². The van der Waals surface area contributed by atoms with Gasteiger partial charge in [0, 0.05) is 6.07 Å². The van der Waals surface area contributed by atoms with Gasteiger partial charge in [0.05, 0.1) is 21.6 Å². The van der Waals surface area contributed by atoms with E-state index in [0.29, 0.717) is 10.6 Å². The molecule has 0 aromatic heterocycles. The summed E-state index contributed by atoms with van der Waals surface area (Å²) in [6.07, 6.45) is 0. The molecule has 0 spiro atoms. The summed E-state index contributed by atoms with van der Waals surface area (Å²) in [4.78, 5) is 21.5. The topological polar surface area (TPSA) is 124 Å². The minimum atomic E-state index is -3.85. The number of nitro groups is 2. The van der Waals surface area contributed by atoms with Crippen LogP contribution in [-0.4, -0.2) is 24.4 Å². The zero-order valence-electron chi connectivity index (χ0n) is 14.1. The van der Waals surface area contributed by atoms with E-state index in [1.54, 1.807) is 30.3 Å². The first-order chi connectivity index (χ1) is 12.1. The van der Waals surface area contributed by atoms with Gasteiger partial charge in [-0.15, -0.1) is 0 Å². The molecule has 0 bridgehead atoms. The van der Waals surface area contributed by atoms with Crippen LogP contribution in [0.2, 0.25) is 0 Å². The van der Waals surface area contributed by atoms with Gasteiger partial charge < -0.3 is 0 Å². The predicted octanol–water partition coefficient (Wildman–Crippen LogP) is 2.98. The number of hydrogen-bond donors (Lipinski definition) is 0. The molecule has 0 radical (unpaired) electrons. The Balaban J connectivity index is 2.51. The van der Waals surface area contributed by atoms with Crippen LogP contribution in [0.5, 0.6) is 0 Å². The van der Waals surface area contributed by atoms with Crippen molar-refractivity contribution >= 4 is 21.2 Å². The van der Waals surface area contributed by atoms with E-state index < -0.39 is 31.5 Å². The quantitative estimate of drug-likeness (QED) is 0.535. The van der Waals surface area contributed by atoms with Gasteiger partial charge >= 0.3 is 0 Å². The summed E-state index contributed by atoms with van der Waals surface area (Å²) < 4.78 is 25.1. The third-order valence-corrected chi connectivity index (χ3v) is 5.30. The Morgan fingerprint density at radius 2 is 1.65 bits per heavy atom. The van der Waals surface area contributed by atoms with Gasteiger partial charge in [0.1, 0.15) is 0 Å². The Morgan fingerprint density at radius 3 is 2.15 bits per heavy atom. The van der Waals surface area contributed by atoms with E-state index in [0.717, 1.165) is 18.2 Å². The van der Waals surface area contributed by atoms with Crippen molar-refractivity contribution in [2.24, 2.45) is 0 Å². The molecular formula is C16H17N3O6S. The van der Waals surface area contributed by atoms with Crippen LogP contribution in [0.3, 0.4) is 0 Å². The SMILES string of the molecule is CC(C)N(c1ccc(S(=O)(=O)Cc2ccccc2)cc1[N+](=O)[O-])[N+](=O)[O-]. The fraction of sp³-hybridized carbons (Fsp3) is 0.250. The molecule has 0 aliphatic heterocycles. The molecule has 2 aromatic rings. The molecule has 0 saturated heterocycles. The molecular weight excluding hydrogens is 362 g/mol. The number of hydrogen-bond acceptors (Lipinski definition) is 6. The van der Waals surface area contributed by atoms with Gasteiger partial charge in [-0.05, 0) is 31.5 Å². The van der Waals surface area contributed by atoms with E-state index in [2.05, 4.69) is 0 Å². The molecule has 26 heavy (non-hydrogen) atoms. The second-order valence-corrected chi connectivity index (χ2v) is 7.82. The van der Waals surface area contributed by atoms with E-state index in [9.17, 15) is 28.6 Å². The van der Waals surface area contributed by atoms with Crippen molar-refractivity contribution in [2.45, 2.75) is 30.5 Å². The summed E-state index contributed by atoms with van der Waals surface area (Å²) in [5.74, 6) is -0.326. The fourth-order valence-electron chi connectivity index (χ4n) is 2.47. The normalized spacial score (nSPS) is 11.3. The molecule has 0 aliphatic carbocycles. The Kier molecular flexibility index (Phi) is 5.56. The van der Waals surface area contributed by atoms with Crippen LogP contribution in [0.15, 0.2) is 53.4 Å². The summed E-state index contributed by atoms with van der Waals surface area (Å²) in [6, 6.07) is 10.8. The number of benzene rings is 2. The molecule has 0 atom stereocenters. The fourth-order valence-corrected chi connectivity index (χ4v) is 3.83. The van der Waals surface area contributed by atoms with Gasteiger partial charge in [0.25, 0.3) is 5.69 Å². The minimum absolute atomic E-state index is 0.260. The zero-order chi connectivity index (χ0) is 19.5. The first-order valence-electron chi connectivity index (χ1n) is 7.62. The standard InChI is InChI=1S/C16H17N3O6S/c1-12(2)17(19(22)23)15-9-8-14(10-16(15)18(20)21)26(24,25)11-13-6-4-3-5-7-13/h3-10,12H,11H2,1-2H3. The van der Waals surface area contributed by atoms with Crippen LogP contribution in [-0.2, 0) is 15.6 Å². The molecule has 2 rings (SSSR count). The van der Waals surface area contributed by atoms with Crippen molar-refractivity contribution in [1.29, 1.82) is 0 Å². The molecule has 0 heterocycles. The molecule has 0 fully saturated rings. The maximum absolute atomic E-state index is 12.6. The van der Waals surface area contributed by atoms with Gasteiger partial charge in [-0.1, -0.05) is 35.3 Å². The average Bonchev–Trinajstić information content (AvgIpc) is 2.54. The lowest BCUT2D eigenvalue weighted by Gasteiger charge is -2.18. The highest BCUT2D eigenvalue weighted by molar-refractivity contribution is 7.90. The smallest absolute Gasteiger partial charge is 0.258 e. The van der Waals surface area contributed by atoms with E-state index in [1.165, 1.54) is 13.8 Å². The highest BCUT2D eigenvalue weighted by Gasteiger charge is 2.31. The lowest BCUT2D eigenvalue weighted by atomic mass is 10.2. The lowest BCUT2D eigenvalue weighted by Crippen LogP contribution is -2.36. The third kappa shape index (κ3) is 4.14. The zero-order valence-corrected chi connectivity index (χ0v) is 14.9. The van der Waals surface area contributed by atoms with Crippen molar-refractivity contribution < 1.29 is 18.4 Å². The van der Waals surface area contributed by atoms with Crippen LogP contribution in [0, 0.1) is 20.2 Å². The van der Waals surface area contributed by atoms with Crippen LogP contribution >= 0.6 is 0 Å². The first kappa shape index (κ1) is 19.3. The highest BCUT2D eigenvalue weighted by atomic mass is 32.2. The summed E-state index contributed by atoms with van der Waals surface area (Å²) in [6.45, 7) is 3.01. The Bertz CT molecular complexity index is 928. The average molecular weight is 379 g/mol. The van der Waals surface area contributed by atoms with Crippen molar-refractivity contribution in [3.63, 3.8) is 0 Å². The maximum atomic E-state index is 12.6. The van der Waals surface area contributed by atoms with Crippen LogP contribution in [0.1, 0.15) is 19.4 Å². The van der Waals surface area contributed by atoms with Crippen LogP contribution < -0.4 is 5.01 Å². The highest BCUT2D eigenvalue weighted by Crippen LogP contribution is 2.33. The number of hydrazine groups is 1. The molecule has 0 unspecified atom stereocenters. The van der Waals surface area contributed by atoms with Gasteiger partial charge in [-0.2, -0.15) is 0 Å². The van der Waals surface area contributed by atoms with Gasteiger partial charge in [-0.25, -0.2) is 18.5 Å². The molecule has 0 aliphatic rings. The van der Waals surface area contributed by atoms with Crippen molar-refractivity contribution in [3.8, 4) is 0 Å². The monoisotopic (exact) mass is 379 g/mol. The van der Waals surface area contributed by atoms with E-state index in [4.69, 9.17) is 0 Å². The summed E-state index contributed by atoms with van der Waals surface area (Å²) in [5.41, 5.74) is -0.369. The Hall–Kier alpha value is -3.01. The van der Waals surface area contributed by atoms with E-state index >= 15 is 0 Å². The van der Waals surface area contributed by atoms with Gasteiger partial charge in [-0.3, -0.25) is 10.1 Å². The third-order valence-electron chi connectivity index (χ3n) is 3.61. The predicted molar refractivity (Wildman–Crippen MR) is 95.0 cm³/mol. The maximum Gasteiger partial charge on any atom is 0.299 e. The molecule has 0 saturated carbocycles. The minimum Gasteiger partial charge on any atom is -0.258 e. The number of nitro benzene ring substituents is 1. The van der Waals surface area contributed by atoms with Crippen LogP contribution in [0.4, 0.5) is 11.4 Å². The second-order valence-electron chi connectivity index (χ2n) is 5.83. The Labute approximate surface area is 150 Å². The summed E-state index contributed by atoms with van der Waals surface area (Å²) in [5, 5.41) is 22.5. The molecule has 9 nitrogen and oxygen atoms in total. The Morgan fingerprint density at radius 1 is 1.04 bits per heavy atom. The second kappa shape index (κ2) is 7.48. The summed E-state index contributed by atoms with van der Waals surface area (Å²) in [7, 11) is -3.85. The molecule has 0 N–H and O–H groups in total. The van der Waals surface area contributed by atoms with Gasteiger partial charge in [0.2, 0.25) is 0 Å². The van der Waals surface area contributed by atoms with Crippen molar-refractivity contribution in [2.75, 3.05) is 5.01 Å². The van der Waals surface area contributed by atoms with Crippen molar-refractivity contribution in [3.05, 3.63) is 74.3 Å². The molecule has 2 aromatic carbocycles. The number of rotatable bonds is 7. The number of nitrogens with zero attached hydrogens (tertiary/aromatic N) is 3. The van der Waals surface area contributed by atoms with E-state index in [-0.39, 0.29) is 16.3 Å². The first-order valence-corrected chi connectivity index (χ1v) is 9.27. The molecule has 0 amide bonds.